The first-order valence-electron chi connectivity index (χ1n) is 5.43. The highest BCUT2D eigenvalue weighted by Gasteiger charge is 2.19. The second-order valence-corrected chi connectivity index (χ2v) is 3.70. The minimum atomic E-state index is -1.05. The summed E-state index contributed by atoms with van der Waals surface area (Å²) in [5.41, 5.74) is 0. The van der Waals surface area contributed by atoms with Crippen molar-refractivity contribution in [2.75, 3.05) is 45.9 Å². The van der Waals surface area contributed by atoms with Gasteiger partial charge in [-0.05, 0) is 6.54 Å². The van der Waals surface area contributed by atoms with Crippen LogP contribution in [-0.2, 0) is 14.3 Å². The maximum absolute atomic E-state index is 11.6. The Labute approximate surface area is 94.8 Å². The number of carboxylic acids is 1. The van der Waals surface area contributed by atoms with Crippen LogP contribution in [0.5, 0.6) is 0 Å². The topological polar surface area (TPSA) is 70.1 Å². The van der Waals surface area contributed by atoms with Gasteiger partial charge in [0.25, 0.3) is 0 Å². The van der Waals surface area contributed by atoms with Crippen molar-refractivity contribution in [2.45, 2.75) is 6.92 Å². The third kappa shape index (κ3) is 4.16. The zero-order valence-corrected chi connectivity index (χ0v) is 9.52. The van der Waals surface area contributed by atoms with E-state index in [0.717, 1.165) is 19.6 Å². The summed E-state index contributed by atoms with van der Waals surface area (Å²) < 4.78 is 4.76. The fourth-order valence-corrected chi connectivity index (χ4v) is 1.63. The molecular formula is C10H18N2O4. The van der Waals surface area contributed by atoms with Crippen LogP contribution in [0.2, 0.25) is 0 Å². The number of amides is 1. The number of carbonyl (C=O) groups excluding carboxylic acids is 1. The predicted octanol–water partition coefficient (Wildman–Crippen LogP) is -0.748. The van der Waals surface area contributed by atoms with Crippen LogP contribution in [-0.4, -0.2) is 72.7 Å². The van der Waals surface area contributed by atoms with E-state index < -0.39 is 12.6 Å². The molecule has 0 spiro atoms. The largest absolute Gasteiger partial charge is 0.480 e. The van der Waals surface area contributed by atoms with E-state index in [1.807, 2.05) is 0 Å². The number of likely N-dealkylation sites (N-methyl/N-ethyl adjacent to an activating group) is 1. The summed E-state index contributed by atoms with van der Waals surface area (Å²) in [4.78, 5) is 25.7. The Kier molecular flexibility index (Phi) is 5.21. The molecule has 1 aliphatic heterocycles. The molecule has 0 aromatic rings. The molecule has 1 fully saturated rings. The number of aliphatic carboxylic acids is 1. The zero-order valence-electron chi connectivity index (χ0n) is 9.52. The second kappa shape index (κ2) is 6.44. The molecule has 1 heterocycles. The van der Waals surface area contributed by atoms with Gasteiger partial charge in [0.05, 0.1) is 0 Å². The van der Waals surface area contributed by atoms with E-state index in [2.05, 4.69) is 11.8 Å². The molecule has 0 bridgehead atoms. The third-order valence-electron chi connectivity index (χ3n) is 2.62. The Morgan fingerprint density at radius 1 is 1.19 bits per heavy atom. The van der Waals surface area contributed by atoms with Crippen LogP contribution in [0.15, 0.2) is 0 Å². The van der Waals surface area contributed by atoms with Crippen LogP contribution >= 0.6 is 0 Å². The van der Waals surface area contributed by atoms with Crippen molar-refractivity contribution >= 4 is 11.9 Å². The van der Waals surface area contributed by atoms with E-state index >= 15 is 0 Å². The lowest BCUT2D eigenvalue weighted by Gasteiger charge is -2.33. The van der Waals surface area contributed by atoms with Crippen molar-refractivity contribution in [3.63, 3.8) is 0 Å². The number of hydrogen-bond acceptors (Lipinski definition) is 4. The Morgan fingerprint density at radius 2 is 1.81 bits per heavy atom. The lowest BCUT2D eigenvalue weighted by Crippen LogP contribution is -2.49. The summed E-state index contributed by atoms with van der Waals surface area (Å²) in [5.74, 6) is -1.18. The maximum Gasteiger partial charge on any atom is 0.329 e. The van der Waals surface area contributed by atoms with E-state index in [4.69, 9.17) is 9.84 Å². The molecule has 92 valence electrons. The summed E-state index contributed by atoms with van der Waals surface area (Å²) in [7, 11) is 0. The molecule has 0 aromatic heterocycles. The molecule has 0 saturated carbocycles. The summed E-state index contributed by atoms with van der Waals surface area (Å²) in [6.45, 7) is 5.68. The van der Waals surface area contributed by atoms with Gasteiger partial charge in [0, 0.05) is 26.2 Å². The molecule has 16 heavy (non-hydrogen) atoms. The van der Waals surface area contributed by atoms with Crippen LogP contribution in [0.4, 0.5) is 0 Å². The summed E-state index contributed by atoms with van der Waals surface area (Å²) in [5, 5.41) is 8.35. The monoisotopic (exact) mass is 230 g/mol. The quantitative estimate of drug-likeness (QED) is 0.673. The van der Waals surface area contributed by atoms with Crippen molar-refractivity contribution in [3.05, 3.63) is 0 Å². The Balaban J connectivity index is 2.20. The summed E-state index contributed by atoms with van der Waals surface area (Å²) in [6, 6.07) is 0. The number of piperazine rings is 1. The number of rotatable bonds is 5. The van der Waals surface area contributed by atoms with Crippen molar-refractivity contribution in [1.82, 2.24) is 9.80 Å². The highest BCUT2D eigenvalue weighted by atomic mass is 16.5. The van der Waals surface area contributed by atoms with Gasteiger partial charge in [0.1, 0.15) is 13.2 Å². The molecule has 1 saturated heterocycles. The average Bonchev–Trinajstić information content (AvgIpc) is 2.28. The van der Waals surface area contributed by atoms with Crippen LogP contribution in [0.25, 0.3) is 0 Å². The van der Waals surface area contributed by atoms with Crippen molar-refractivity contribution in [1.29, 1.82) is 0 Å². The SMILES string of the molecule is CCN1CCN(C(=O)COCC(=O)O)CC1. The fraction of sp³-hybridized carbons (Fsp3) is 0.800. The van der Waals surface area contributed by atoms with Gasteiger partial charge < -0.3 is 19.6 Å². The molecular weight excluding hydrogens is 212 g/mol. The fourth-order valence-electron chi connectivity index (χ4n) is 1.63. The van der Waals surface area contributed by atoms with Gasteiger partial charge in [-0.2, -0.15) is 0 Å². The first-order chi connectivity index (χ1) is 7.63. The molecule has 1 aliphatic rings. The van der Waals surface area contributed by atoms with E-state index in [-0.39, 0.29) is 12.5 Å². The number of ether oxygens (including phenoxy) is 1. The standard InChI is InChI=1S/C10H18N2O4/c1-2-11-3-5-12(6-4-11)9(13)7-16-8-10(14)15/h2-8H2,1H3,(H,14,15). The van der Waals surface area contributed by atoms with Gasteiger partial charge in [0.15, 0.2) is 0 Å². The number of nitrogens with zero attached hydrogens (tertiary/aromatic N) is 2. The van der Waals surface area contributed by atoms with Crippen LogP contribution < -0.4 is 0 Å². The van der Waals surface area contributed by atoms with Crippen molar-refractivity contribution in [2.24, 2.45) is 0 Å². The molecule has 6 nitrogen and oxygen atoms in total. The predicted molar refractivity (Wildman–Crippen MR) is 57.1 cm³/mol. The second-order valence-electron chi connectivity index (χ2n) is 3.70. The normalized spacial score (nSPS) is 17.4. The average molecular weight is 230 g/mol. The molecule has 0 atom stereocenters. The van der Waals surface area contributed by atoms with E-state index in [9.17, 15) is 9.59 Å². The van der Waals surface area contributed by atoms with Crippen molar-refractivity contribution in [3.8, 4) is 0 Å². The molecule has 6 heteroatoms. The zero-order chi connectivity index (χ0) is 12.0. The van der Waals surface area contributed by atoms with Crippen LogP contribution in [0.3, 0.4) is 0 Å². The third-order valence-corrected chi connectivity index (χ3v) is 2.62. The van der Waals surface area contributed by atoms with Gasteiger partial charge in [-0.1, -0.05) is 6.92 Å². The Morgan fingerprint density at radius 3 is 2.31 bits per heavy atom. The lowest BCUT2D eigenvalue weighted by molar-refractivity contribution is -0.146. The Bertz CT molecular complexity index is 249. The minimum absolute atomic E-state index is 0.128. The van der Waals surface area contributed by atoms with Gasteiger partial charge in [-0.25, -0.2) is 4.79 Å². The first-order valence-corrected chi connectivity index (χ1v) is 5.43. The molecule has 1 rings (SSSR count). The van der Waals surface area contributed by atoms with Crippen molar-refractivity contribution < 1.29 is 19.4 Å². The van der Waals surface area contributed by atoms with Crippen LogP contribution in [0.1, 0.15) is 6.92 Å². The van der Waals surface area contributed by atoms with Gasteiger partial charge in [-0.3, -0.25) is 4.79 Å². The van der Waals surface area contributed by atoms with Gasteiger partial charge in [0.2, 0.25) is 5.91 Å². The summed E-state index contributed by atoms with van der Waals surface area (Å²) >= 11 is 0. The number of hydrogen-bond donors (Lipinski definition) is 1. The maximum atomic E-state index is 11.6. The minimum Gasteiger partial charge on any atom is -0.480 e. The van der Waals surface area contributed by atoms with E-state index in [1.165, 1.54) is 0 Å². The van der Waals surface area contributed by atoms with Gasteiger partial charge >= 0.3 is 5.97 Å². The van der Waals surface area contributed by atoms with Crippen LogP contribution in [0, 0.1) is 0 Å². The molecule has 1 amide bonds. The first kappa shape index (κ1) is 12.9. The highest BCUT2D eigenvalue weighted by molar-refractivity contribution is 5.78. The van der Waals surface area contributed by atoms with E-state index in [0.29, 0.717) is 13.1 Å². The van der Waals surface area contributed by atoms with E-state index in [1.54, 1.807) is 4.90 Å². The molecule has 1 N–H and O–H groups in total. The number of carbonyl (C=O) groups is 2. The molecule has 0 radical (unpaired) electrons. The van der Waals surface area contributed by atoms with Gasteiger partial charge in [-0.15, -0.1) is 0 Å². The molecule has 0 aliphatic carbocycles. The summed E-state index contributed by atoms with van der Waals surface area (Å²) in [6.07, 6.45) is 0. The highest BCUT2D eigenvalue weighted by Crippen LogP contribution is 2.01. The number of carboxylic acid groups (broad SMARTS) is 1. The lowest BCUT2D eigenvalue weighted by atomic mass is 10.3. The Hall–Kier alpha value is -1.14. The molecule has 0 aromatic carbocycles. The smallest absolute Gasteiger partial charge is 0.329 e. The molecule has 0 unspecified atom stereocenters.